The Bertz CT molecular complexity index is 1660. The fraction of sp³-hybridized carbons (Fsp3) is 0.172. The first kappa shape index (κ1) is 30.5. The van der Waals surface area contributed by atoms with Crippen LogP contribution in [-0.2, 0) is 25.4 Å². The Morgan fingerprint density at radius 3 is 1.59 bits per heavy atom. The Morgan fingerprint density at radius 1 is 0.667 bits per heavy atom. The molecule has 4 aromatic carbocycles. The SMILES string of the molecule is COc1ccc(C(C)(C)c2ccc(Oc3ccc(S(=O)(=O)c4ccc(C)cc4S(=O)(=O)[O-])cc3)cc2)cc1.[Li+]. The second kappa shape index (κ2) is 11.6. The van der Waals surface area contributed by atoms with Crippen LogP contribution in [0.2, 0.25) is 0 Å². The van der Waals surface area contributed by atoms with E-state index in [0.717, 1.165) is 29.0 Å². The van der Waals surface area contributed by atoms with Gasteiger partial charge in [-0.25, -0.2) is 16.8 Å². The van der Waals surface area contributed by atoms with Crippen molar-refractivity contribution in [3.05, 3.63) is 108 Å². The van der Waals surface area contributed by atoms with Crippen LogP contribution >= 0.6 is 0 Å². The minimum atomic E-state index is -4.99. The van der Waals surface area contributed by atoms with Gasteiger partial charge in [0.15, 0.2) is 0 Å². The van der Waals surface area contributed by atoms with Crippen LogP contribution in [0, 0.1) is 6.92 Å². The van der Waals surface area contributed by atoms with E-state index in [1.54, 1.807) is 14.0 Å². The Kier molecular flexibility index (Phi) is 9.05. The van der Waals surface area contributed by atoms with E-state index < -0.39 is 29.7 Å². The molecule has 198 valence electrons. The standard InChI is InChI=1S/C29H28O7S2.Li/c1-20-5-18-27(28(19-20)38(32,33)34)37(30,31)26-16-14-25(15-17-26)36-24-12-8-22(9-13-24)29(2,3)21-6-10-23(35-4)11-7-21;/h5-19H,1-4H3,(H,32,33,34);/q;+1/p-1. The maximum absolute atomic E-state index is 13.1. The number of rotatable bonds is 8. The molecular weight excluding hydrogens is 531 g/mol. The van der Waals surface area contributed by atoms with Crippen LogP contribution in [0.4, 0.5) is 0 Å². The van der Waals surface area contributed by atoms with E-state index >= 15 is 0 Å². The van der Waals surface area contributed by atoms with Crippen LogP contribution in [0.5, 0.6) is 17.2 Å². The number of benzene rings is 4. The summed E-state index contributed by atoms with van der Waals surface area (Å²) in [4.78, 5) is -1.48. The molecule has 0 aliphatic carbocycles. The molecule has 0 aliphatic heterocycles. The van der Waals surface area contributed by atoms with Gasteiger partial charge in [0, 0.05) is 5.41 Å². The molecule has 0 aromatic heterocycles. The average Bonchev–Trinajstić information content (AvgIpc) is 2.88. The number of hydrogen-bond donors (Lipinski definition) is 0. The minimum Gasteiger partial charge on any atom is -0.744 e. The van der Waals surface area contributed by atoms with Gasteiger partial charge in [-0.3, -0.25) is 0 Å². The fourth-order valence-corrected chi connectivity index (χ4v) is 6.70. The zero-order chi connectivity index (χ0) is 27.7. The second-order valence-corrected chi connectivity index (χ2v) is 12.6. The zero-order valence-corrected chi connectivity index (χ0v) is 24.0. The maximum Gasteiger partial charge on any atom is 1.00 e. The molecule has 7 nitrogen and oxygen atoms in total. The molecule has 0 N–H and O–H groups in total. The smallest absolute Gasteiger partial charge is 0.744 e. The third-order valence-electron chi connectivity index (χ3n) is 6.42. The van der Waals surface area contributed by atoms with E-state index in [9.17, 15) is 21.4 Å². The van der Waals surface area contributed by atoms with E-state index in [4.69, 9.17) is 9.47 Å². The van der Waals surface area contributed by atoms with Gasteiger partial charge in [-0.05, 0) is 84.3 Å². The summed E-state index contributed by atoms with van der Waals surface area (Å²) in [5.74, 6) is 1.75. The monoisotopic (exact) mass is 558 g/mol. The summed E-state index contributed by atoms with van der Waals surface area (Å²) in [5.41, 5.74) is 2.41. The van der Waals surface area contributed by atoms with Crippen LogP contribution in [0.1, 0.15) is 30.5 Å². The van der Waals surface area contributed by atoms with Crippen molar-refractivity contribution in [3.8, 4) is 17.2 Å². The van der Waals surface area contributed by atoms with E-state index in [1.807, 2.05) is 48.5 Å². The molecule has 0 saturated carbocycles. The molecule has 39 heavy (non-hydrogen) atoms. The van der Waals surface area contributed by atoms with Crippen molar-refractivity contribution < 1.29 is 49.7 Å². The van der Waals surface area contributed by atoms with Crippen molar-refractivity contribution in [3.63, 3.8) is 0 Å². The van der Waals surface area contributed by atoms with Crippen LogP contribution in [0.3, 0.4) is 0 Å². The zero-order valence-electron chi connectivity index (χ0n) is 22.3. The Morgan fingerprint density at radius 2 is 1.13 bits per heavy atom. The van der Waals surface area contributed by atoms with Crippen molar-refractivity contribution in [2.45, 2.75) is 40.9 Å². The molecular formula is C29H27LiO7S2. The molecule has 0 radical (unpaired) electrons. The Balaban J connectivity index is 0.00000420. The van der Waals surface area contributed by atoms with E-state index in [1.165, 1.54) is 30.3 Å². The van der Waals surface area contributed by atoms with E-state index in [0.29, 0.717) is 17.1 Å². The summed E-state index contributed by atoms with van der Waals surface area (Å²) in [5, 5.41) is 0. The Labute approximate surface area is 241 Å². The van der Waals surface area contributed by atoms with Gasteiger partial charge in [0.25, 0.3) is 0 Å². The normalized spacial score (nSPS) is 11.9. The van der Waals surface area contributed by atoms with Crippen molar-refractivity contribution in [1.82, 2.24) is 0 Å². The summed E-state index contributed by atoms with van der Waals surface area (Å²) >= 11 is 0. The number of aryl methyl sites for hydroxylation is 1. The van der Waals surface area contributed by atoms with Gasteiger partial charge >= 0.3 is 18.9 Å². The van der Waals surface area contributed by atoms with Gasteiger partial charge < -0.3 is 14.0 Å². The number of sulfone groups is 1. The summed E-state index contributed by atoms with van der Waals surface area (Å²) < 4.78 is 72.4. The molecule has 0 amide bonds. The largest absolute Gasteiger partial charge is 1.00 e. The Hall–Kier alpha value is -3.06. The number of ether oxygens (including phenoxy) is 2. The second-order valence-electron chi connectivity index (χ2n) is 9.36. The van der Waals surface area contributed by atoms with Crippen molar-refractivity contribution >= 4 is 20.0 Å². The first-order valence-corrected chi connectivity index (χ1v) is 14.6. The summed E-state index contributed by atoms with van der Waals surface area (Å²) in [6.07, 6.45) is 0. The van der Waals surface area contributed by atoms with Crippen molar-refractivity contribution in [2.24, 2.45) is 0 Å². The predicted molar refractivity (Wildman–Crippen MR) is 143 cm³/mol. The minimum absolute atomic E-state index is 0. The summed E-state index contributed by atoms with van der Waals surface area (Å²) in [6, 6.07) is 24.8. The molecule has 4 rings (SSSR count). The first-order chi connectivity index (χ1) is 17.8. The molecule has 0 atom stereocenters. The third kappa shape index (κ3) is 6.57. The predicted octanol–water partition coefficient (Wildman–Crippen LogP) is 2.86. The summed E-state index contributed by atoms with van der Waals surface area (Å²) in [7, 11) is -7.61. The van der Waals surface area contributed by atoms with Gasteiger partial charge in [-0.2, -0.15) is 0 Å². The molecule has 0 spiro atoms. The van der Waals surface area contributed by atoms with Crippen LogP contribution in [0.25, 0.3) is 0 Å². The van der Waals surface area contributed by atoms with E-state index in [2.05, 4.69) is 13.8 Å². The molecule has 0 bridgehead atoms. The molecule has 10 heteroatoms. The third-order valence-corrected chi connectivity index (χ3v) is 9.25. The maximum atomic E-state index is 13.1. The van der Waals surface area contributed by atoms with Crippen LogP contribution in [-0.4, -0.2) is 28.5 Å². The molecule has 0 heterocycles. The van der Waals surface area contributed by atoms with Crippen molar-refractivity contribution in [2.75, 3.05) is 7.11 Å². The van der Waals surface area contributed by atoms with Gasteiger partial charge in [-0.15, -0.1) is 0 Å². The quantitative estimate of drug-likeness (QED) is 0.242. The molecule has 4 aromatic rings. The number of hydrogen-bond acceptors (Lipinski definition) is 7. The van der Waals surface area contributed by atoms with Gasteiger partial charge in [0.1, 0.15) is 27.4 Å². The molecule has 0 saturated heterocycles. The fourth-order valence-electron chi connectivity index (χ4n) is 4.10. The van der Waals surface area contributed by atoms with Crippen LogP contribution < -0.4 is 28.3 Å². The van der Waals surface area contributed by atoms with E-state index in [-0.39, 0.29) is 29.2 Å². The van der Waals surface area contributed by atoms with Gasteiger partial charge in [0.05, 0.1) is 21.8 Å². The first-order valence-electron chi connectivity index (χ1n) is 11.7. The molecule has 0 unspecified atom stereocenters. The molecule has 0 fully saturated rings. The molecule has 0 aliphatic rings. The van der Waals surface area contributed by atoms with Crippen LogP contribution in [0.15, 0.2) is 106 Å². The van der Waals surface area contributed by atoms with Gasteiger partial charge in [-0.1, -0.05) is 44.2 Å². The number of methoxy groups -OCH3 is 1. The summed E-state index contributed by atoms with van der Waals surface area (Å²) in [6.45, 7) is 5.83. The topological polar surface area (TPSA) is 110 Å². The van der Waals surface area contributed by atoms with Crippen molar-refractivity contribution in [1.29, 1.82) is 0 Å². The van der Waals surface area contributed by atoms with Gasteiger partial charge in [0.2, 0.25) is 9.84 Å². The average molecular weight is 559 g/mol.